The first-order chi connectivity index (χ1) is 17.9. The van der Waals surface area contributed by atoms with Gasteiger partial charge < -0.3 is 24.8 Å². The van der Waals surface area contributed by atoms with Gasteiger partial charge in [-0.15, -0.1) is 0 Å². The Hall–Kier alpha value is -3.86. The minimum atomic E-state index is -4.37. The summed E-state index contributed by atoms with van der Waals surface area (Å²) in [5.41, 5.74) is 3.19. The molecule has 0 saturated carbocycles. The van der Waals surface area contributed by atoms with Gasteiger partial charge in [-0.2, -0.15) is 23.1 Å². The van der Waals surface area contributed by atoms with Crippen molar-refractivity contribution in [2.75, 3.05) is 48.4 Å². The molecule has 5 rings (SSSR count). The van der Waals surface area contributed by atoms with E-state index in [4.69, 9.17) is 9.72 Å². The van der Waals surface area contributed by atoms with E-state index < -0.39 is 11.7 Å². The third-order valence-electron chi connectivity index (χ3n) is 6.14. The summed E-state index contributed by atoms with van der Waals surface area (Å²) in [4.78, 5) is 16.1. The van der Waals surface area contributed by atoms with Crippen LogP contribution in [-0.4, -0.2) is 52.4 Å². The van der Waals surface area contributed by atoms with E-state index >= 15 is 0 Å². The molecule has 1 fully saturated rings. The number of rotatable bonds is 8. The Morgan fingerprint density at radius 3 is 2.38 bits per heavy atom. The average molecular weight is 512 g/mol. The van der Waals surface area contributed by atoms with E-state index in [0.717, 1.165) is 56.2 Å². The van der Waals surface area contributed by atoms with Gasteiger partial charge in [-0.05, 0) is 48.4 Å². The van der Waals surface area contributed by atoms with E-state index in [0.29, 0.717) is 41.6 Å². The molecule has 0 bridgehead atoms. The summed E-state index contributed by atoms with van der Waals surface area (Å²) in [6.45, 7) is 6.27. The van der Waals surface area contributed by atoms with Crippen LogP contribution in [0, 0.1) is 0 Å². The van der Waals surface area contributed by atoms with Gasteiger partial charge in [0, 0.05) is 31.0 Å². The Kier molecular flexibility index (Phi) is 7.13. The van der Waals surface area contributed by atoms with E-state index in [1.807, 2.05) is 16.7 Å². The molecule has 2 N–H and O–H groups in total. The topological polar surface area (TPSA) is 80.1 Å². The Labute approximate surface area is 212 Å². The van der Waals surface area contributed by atoms with Gasteiger partial charge in [0.25, 0.3) is 0 Å². The van der Waals surface area contributed by atoms with Crippen molar-refractivity contribution < 1.29 is 17.9 Å². The molecule has 37 heavy (non-hydrogen) atoms. The van der Waals surface area contributed by atoms with Crippen molar-refractivity contribution in [3.63, 3.8) is 0 Å². The summed E-state index contributed by atoms with van der Waals surface area (Å²) >= 11 is 0. The SMILES string of the molecule is CCCNc1nc(Nc2ccc(N3CCOCC3)cc2)nc2c1ncn2Cc1ccc(C(F)(F)F)cc1. The summed E-state index contributed by atoms with van der Waals surface area (Å²) < 4.78 is 46.1. The van der Waals surface area contributed by atoms with Gasteiger partial charge in [-0.3, -0.25) is 0 Å². The van der Waals surface area contributed by atoms with Crippen LogP contribution in [0.3, 0.4) is 0 Å². The van der Waals surface area contributed by atoms with Crippen LogP contribution in [-0.2, 0) is 17.5 Å². The average Bonchev–Trinajstić information content (AvgIpc) is 3.30. The van der Waals surface area contributed by atoms with E-state index in [-0.39, 0.29) is 0 Å². The van der Waals surface area contributed by atoms with Crippen LogP contribution in [0.1, 0.15) is 24.5 Å². The van der Waals surface area contributed by atoms with Crippen LogP contribution in [0.15, 0.2) is 54.9 Å². The lowest BCUT2D eigenvalue weighted by Gasteiger charge is -2.28. The maximum absolute atomic E-state index is 12.9. The van der Waals surface area contributed by atoms with E-state index in [2.05, 4.69) is 44.6 Å². The van der Waals surface area contributed by atoms with Gasteiger partial charge in [0.2, 0.25) is 5.95 Å². The number of aromatic nitrogens is 4. The molecule has 0 unspecified atom stereocenters. The third kappa shape index (κ3) is 5.77. The predicted octanol–water partition coefficient (Wildman–Crippen LogP) is 5.30. The van der Waals surface area contributed by atoms with Gasteiger partial charge in [0.15, 0.2) is 17.0 Å². The number of halogens is 3. The molecule has 0 amide bonds. The summed E-state index contributed by atoms with van der Waals surface area (Å²) in [5.74, 6) is 1.00. The Morgan fingerprint density at radius 1 is 0.973 bits per heavy atom. The molecule has 1 saturated heterocycles. The van der Waals surface area contributed by atoms with E-state index in [9.17, 15) is 13.2 Å². The zero-order valence-corrected chi connectivity index (χ0v) is 20.4. The molecule has 0 spiro atoms. The number of hydrogen-bond donors (Lipinski definition) is 2. The maximum Gasteiger partial charge on any atom is 0.416 e. The van der Waals surface area contributed by atoms with Crippen LogP contribution in [0.25, 0.3) is 11.2 Å². The second-order valence-corrected chi connectivity index (χ2v) is 8.83. The highest BCUT2D eigenvalue weighted by Gasteiger charge is 2.30. The fraction of sp³-hybridized carbons (Fsp3) is 0.346. The molecule has 0 aliphatic carbocycles. The van der Waals surface area contributed by atoms with E-state index in [1.165, 1.54) is 12.1 Å². The molecular weight excluding hydrogens is 483 g/mol. The van der Waals surface area contributed by atoms with Crippen LogP contribution < -0.4 is 15.5 Å². The van der Waals surface area contributed by atoms with Gasteiger partial charge in [-0.1, -0.05) is 19.1 Å². The molecule has 11 heteroatoms. The van der Waals surface area contributed by atoms with Crippen LogP contribution in [0.2, 0.25) is 0 Å². The number of nitrogens with one attached hydrogen (secondary N) is 2. The van der Waals surface area contributed by atoms with Crippen molar-refractivity contribution in [2.45, 2.75) is 26.1 Å². The fourth-order valence-electron chi connectivity index (χ4n) is 4.18. The number of morpholine rings is 1. The highest BCUT2D eigenvalue weighted by atomic mass is 19.4. The second-order valence-electron chi connectivity index (χ2n) is 8.83. The molecular formula is C26H28F3N7O. The lowest BCUT2D eigenvalue weighted by Crippen LogP contribution is -2.36. The molecule has 2 aromatic carbocycles. The van der Waals surface area contributed by atoms with Crippen molar-refractivity contribution in [1.82, 2.24) is 19.5 Å². The standard InChI is InChI=1S/C26H28F3N7O/c1-2-11-30-23-22-24(36(17-31-22)16-18-3-5-19(6-4-18)26(27,28)29)34-25(33-23)32-20-7-9-21(10-8-20)35-12-14-37-15-13-35/h3-10,17H,2,11-16H2,1H3,(H2,30,32,33,34). The molecule has 8 nitrogen and oxygen atoms in total. The Bertz CT molecular complexity index is 1330. The number of nitrogens with zero attached hydrogens (tertiary/aromatic N) is 5. The number of anilines is 4. The van der Waals surface area contributed by atoms with Gasteiger partial charge in [0.05, 0.1) is 31.6 Å². The first-order valence-corrected chi connectivity index (χ1v) is 12.2. The third-order valence-corrected chi connectivity index (χ3v) is 6.14. The quantitative estimate of drug-likeness (QED) is 0.333. The Morgan fingerprint density at radius 2 is 1.70 bits per heavy atom. The molecule has 1 aliphatic rings. The highest BCUT2D eigenvalue weighted by molar-refractivity contribution is 5.84. The normalized spacial score (nSPS) is 14.2. The predicted molar refractivity (Wildman–Crippen MR) is 137 cm³/mol. The summed E-state index contributed by atoms with van der Waals surface area (Å²) in [6.07, 6.45) is -1.83. The number of alkyl halides is 3. The molecule has 194 valence electrons. The second kappa shape index (κ2) is 10.6. The fourth-order valence-corrected chi connectivity index (χ4v) is 4.18. The molecule has 2 aromatic heterocycles. The smallest absolute Gasteiger partial charge is 0.378 e. The van der Waals surface area contributed by atoms with Crippen molar-refractivity contribution in [2.24, 2.45) is 0 Å². The summed E-state index contributed by atoms with van der Waals surface area (Å²) in [5, 5.41) is 6.58. The first-order valence-electron chi connectivity index (χ1n) is 12.2. The highest BCUT2D eigenvalue weighted by Crippen LogP contribution is 2.30. The van der Waals surface area contributed by atoms with Gasteiger partial charge in [-0.25, -0.2) is 4.98 Å². The van der Waals surface area contributed by atoms with E-state index in [1.54, 1.807) is 6.33 Å². The zero-order chi connectivity index (χ0) is 25.8. The van der Waals surface area contributed by atoms with Crippen LogP contribution in [0.4, 0.5) is 36.3 Å². The molecule has 3 heterocycles. The minimum absolute atomic E-state index is 0.326. The summed E-state index contributed by atoms with van der Waals surface area (Å²) in [6, 6.07) is 13.2. The van der Waals surface area contributed by atoms with Crippen molar-refractivity contribution in [3.8, 4) is 0 Å². The first kappa shape index (κ1) is 24.8. The van der Waals surface area contributed by atoms with Crippen LogP contribution >= 0.6 is 0 Å². The molecule has 0 radical (unpaired) electrons. The monoisotopic (exact) mass is 511 g/mol. The summed E-state index contributed by atoms with van der Waals surface area (Å²) in [7, 11) is 0. The van der Waals surface area contributed by atoms with Gasteiger partial charge in [0.1, 0.15) is 0 Å². The minimum Gasteiger partial charge on any atom is -0.378 e. The lowest BCUT2D eigenvalue weighted by atomic mass is 10.1. The number of ether oxygens (including phenoxy) is 1. The number of hydrogen-bond acceptors (Lipinski definition) is 7. The number of imidazole rings is 1. The Balaban J connectivity index is 1.40. The van der Waals surface area contributed by atoms with Crippen molar-refractivity contribution >= 4 is 34.3 Å². The molecule has 1 aliphatic heterocycles. The van der Waals surface area contributed by atoms with Crippen LogP contribution in [0.5, 0.6) is 0 Å². The lowest BCUT2D eigenvalue weighted by molar-refractivity contribution is -0.137. The largest absolute Gasteiger partial charge is 0.416 e. The molecule has 0 atom stereocenters. The maximum atomic E-state index is 12.9. The van der Waals surface area contributed by atoms with Crippen molar-refractivity contribution in [1.29, 1.82) is 0 Å². The number of fused-ring (bicyclic) bond motifs is 1. The molecule has 4 aromatic rings. The number of benzene rings is 2. The van der Waals surface area contributed by atoms with Gasteiger partial charge >= 0.3 is 6.18 Å². The zero-order valence-electron chi connectivity index (χ0n) is 20.4. The van der Waals surface area contributed by atoms with Crippen molar-refractivity contribution in [3.05, 3.63) is 66.0 Å².